The Balaban J connectivity index is 1.82. The highest BCUT2D eigenvalue weighted by Crippen LogP contribution is 2.13. The molecule has 0 unspecified atom stereocenters. The van der Waals surface area contributed by atoms with Crippen LogP contribution in [0.15, 0.2) is 53.0 Å². The summed E-state index contributed by atoms with van der Waals surface area (Å²) in [4.78, 5) is 12.0. The molecule has 4 heteroatoms. The van der Waals surface area contributed by atoms with Crippen LogP contribution in [0.1, 0.15) is 22.8 Å². The molecule has 3 nitrogen and oxygen atoms in total. The fourth-order valence-electron chi connectivity index (χ4n) is 1.83. The van der Waals surface area contributed by atoms with Crippen molar-refractivity contribution in [1.82, 2.24) is 0 Å². The van der Waals surface area contributed by atoms with Crippen LogP contribution in [-0.4, -0.2) is 19.0 Å². The summed E-state index contributed by atoms with van der Waals surface area (Å²) in [5, 5.41) is 0. The Morgan fingerprint density at radius 1 is 1.05 bits per heavy atom. The number of ether oxygens (including phenoxy) is 2. The lowest BCUT2D eigenvalue weighted by Crippen LogP contribution is -2.09. The molecular formula is C17H17BrO3. The van der Waals surface area contributed by atoms with Gasteiger partial charge in [0.05, 0.1) is 13.2 Å². The van der Waals surface area contributed by atoms with Crippen molar-refractivity contribution in [2.45, 2.75) is 13.5 Å². The maximum Gasteiger partial charge on any atom is 0.188 e. The van der Waals surface area contributed by atoms with E-state index in [2.05, 4.69) is 15.9 Å². The predicted molar refractivity (Wildman–Crippen MR) is 85.7 cm³/mol. The fourth-order valence-corrected chi connectivity index (χ4v) is 2.09. The molecule has 0 atom stereocenters. The molecule has 0 spiro atoms. The van der Waals surface area contributed by atoms with E-state index < -0.39 is 0 Å². The summed E-state index contributed by atoms with van der Waals surface area (Å²) < 4.78 is 11.8. The second kappa shape index (κ2) is 7.96. The first-order valence-corrected chi connectivity index (χ1v) is 7.56. The first kappa shape index (κ1) is 15.7. The molecule has 0 saturated heterocycles. The second-order valence-electron chi connectivity index (χ2n) is 4.50. The molecule has 0 aromatic heterocycles. The minimum absolute atomic E-state index is 0.0323. The molecule has 0 saturated carbocycles. The summed E-state index contributed by atoms with van der Waals surface area (Å²) >= 11 is 3.38. The van der Waals surface area contributed by atoms with Crippen LogP contribution in [0, 0.1) is 0 Å². The third-order valence-electron chi connectivity index (χ3n) is 2.90. The van der Waals surface area contributed by atoms with Gasteiger partial charge in [-0.15, -0.1) is 0 Å². The Morgan fingerprint density at radius 2 is 1.71 bits per heavy atom. The van der Waals surface area contributed by atoms with Crippen LogP contribution in [0.2, 0.25) is 0 Å². The highest BCUT2D eigenvalue weighted by atomic mass is 79.9. The van der Waals surface area contributed by atoms with Gasteiger partial charge in [0.1, 0.15) is 12.4 Å². The third kappa shape index (κ3) is 4.99. The number of hydrogen-bond donors (Lipinski definition) is 0. The van der Waals surface area contributed by atoms with Crippen molar-refractivity contribution < 1.29 is 14.3 Å². The zero-order valence-corrected chi connectivity index (χ0v) is 13.4. The zero-order valence-electron chi connectivity index (χ0n) is 11.8. The molecule has 21 heavy (non-hydrogen) atoms. The highest BCUT2D eigenvalue weighted by Gasteiger charge is 2.06. The van der Waals surface area contributed by atoms with Crippen molar-refractivity contribution in [3.05, 3.63) is 64.1 Å². The molecule has 0 heterocycles. The zero-order chi connectivity index (χ0) is 15.1. The predicted octanol–water partition coefficient (Wildman–Crippen LogP) is 4.25. The van der Waals surface area contributed by atoms with Gasteiger partial charge in [-0.1, -0.05) is 28.1 Å². The number of ketones is 1. The number of benzene rings is 2. The second-order valence-corrected chi connectivity index (χ2v) is 5.42. The van der Waals surface area contributed by atoms with Crippen LogP contribution in [-0.2, 0) is 11.3 Å². The van der Waals surface area contributed by atoms with E-state index in [1.807, 2.05) is 31.2 Å². The van der Waals surface area contributed by atoms with E-state index in [0.717, 1.165) is 15.8 Å². The Kier molecular flexibility index (Phi) is 5.96. The number of carbonyl (C=O) groups is 1. The van der Waals surface area contributed by atoms with Crippen LogP contribution >= 0.6 is 15.9 Å². The lowest BCUT2D eigenvalue weighted by Gasteiger charge is -2.06. The molecule has 2 aromatic carbocycles. The highest BCUT2D eigenvalue weighted by molar-refractivity contribution is 9.10. The molecule has 0 fully saturated rings. The summed E-state index contributed by atoms with van der Waals surface area (Å²) in [5.41, 5.74) is 1.67. The maximum atomic E-state index is 12.0. The minimum atomic E-state index is -0.0323. The third-order valence-corrected chi connectivity index (χ3v) is 3.43. The summed E-state index contributed by atoms with van der Waals surface area (Å²) in [6, 6.07) is 14.9. The number of rotatable bonds is 7. The van der Waals surface area contributed by atoms with Gasteiger partial charge in [0.2, 0.25) is 0 Å². The molecule has 0 bridgehead atoms. The molecule has 0 aliphatic rings. The van der Waals surface area contributed by atoms with E-state index in [1.165, 1.54) is 0 Å². The first-order chi connectivity index (χ1) is 10.2. The van der Waals surface area contributed by atoms with Gasteiger partial charge in [0, 0.05) is 10.0 Å². The van der Waals surface area contributed by atoms with Crippen LogP contribution in [0.4, 0.5) is 0 Å². The SMILES string of the molecule is CCOc1ccc(C(=O)COCc2ccc(Br)cc2)cc1. The Morgan fingerprint density at radius 3 is 2.33 bits per heavy atom. The van der Waals surface area contributed by atoms with Crippen LogP contribution in [0.5, 0.6) is 5.75 Å². The molecule has 0 amide bonds. The number of hydrogen-bond acceptors (Lipinski definition) is 3. The summed E-state index contributed by atoms with van der Waals surface area (Å²) in [5.74, 6) is 0.736. The Labute approximate surface area is 133 Å². The van der Waals surface area contributed by atoms with Crippen molar-refractivity contribution in [1.29, 1.82) is 0 Å². The van der Waals surface area contributed by atoms with Gasteiger partial charge in [-0.3, -0.25) is 4.79 Å². The van der Waals surface area contributed by atoms with Crippen LogP contribution in [0.25, 0.3) is 0 Å². The van der Waals surface area contributed by atoms with Gasteiger partial charge in [-0.05, 0) is 48.9 Å². The summed E-state index contributed by atoms with van der Waals surface area (Å²) in [6.07, 6.45) is 0. The quantitative estimate of drug-likeness (QED) is 0.701. The van der Waals surface area contributed by atoms with Crippen molar-refractivity contribution >= 4 is 21.7 Å². The molecule has 0 aliphatic heterocycles. The molecule has 0 radical (unpaired) electrons. The number of Topliss-reactive ketones (excluding diaryl/α,β-unsaturated/α-hetero) is 1. The smallest absolute Gasteiger partial charge is 0.188 e. The van der Waals surface area contributed by atoms with Gasteiger partial charge in [0.25, 0.3) is 0 Å². The lowest BCUT2D eigenvalue weighted by molar-refractivity contribution is 0.0726. The maximum absolute atomic E-state index is 12.0. The van der Waals surface area contributed by atoms with Crippen molar-refractivity contribution in [2.75, 3.05) is 13.2 Å². The van der Waals surface area contributed by atoms with E-state index in [4.69, 9.17) is 9.47 Å². The van der Waals surface area contributed by atoms with Gasteiger partial charge < -0.3 is 9.47 Å². The van der Waals surface area contributed by atoms with Gasteiger partial charge in [-0.25, -0.2) is 0 Å². The Bertz CT molecular complexity index is 576. The summed E-state index contributed by atoms with van der Waals surface area (Å²) in [6.45, 7) is 3.04. The Hall–Kier alpha value is -1.65. The average molecular weight is 349 g/mol. The molecular weight excluding hydrogens is 332 g/mol. The minimum Gasteiger partial charge on any atom is -0.494 e. The van der Waals surface area contributed by atoms with Crippen molar-refractivity contribution in [3.63, 3.8) is 0 Å². The first-order valence-electron chi connectivity index (χ1n) is 6.77. The average Bonchev–Trinajstić information content (AvgIpc) is 2.50. The van der Waals surface area contributed by atoms with E-state index in [0.29, 0.717) is 18.8 Å². The number of halogens is 1. The molecule has 2 aromatic rings. The number of carbonyl (C=O) groups excluding carboxylic acids is 1. The topological polar surface area (TPSA) is 35.5 Å². The van der Waals surface area contributed by atoms with E-state index >= 15 is 0 Å². The largest absolute Gasteiger partial charge is 0.494 e. The van der Waals surface area contributed by atoms with Gasteiger partial charge in [0.15, 0.2) is 5.78 Å². The summed E-state index contributed by atoms with van der Waals surface area (Å²) in [7, 11) is 0. The van der Waals surface area contributed by atoms with Gasteiger partial charge >= 0.3 is 0 Å². The van der Waals surface area contributed by atoms with Crippen molar-refractivity contribution in [3.8, 4) is 5.75 Å². The van der Waals surface area contributed by atoms with Gasteiger partial charge in [-0.2, -0.15) is 0 Å². The standard InChI is InChI=1S/C17H17BrO3/c1-2-21-16-9-5-14(6-10-16)17(19)12-20-11-13-3-7-15(18)8-4-13/h3-10H,2,11-12H2,1H3. The molecule has 2 rings (SSSR count). The molecule has 110 valence electrons. The fraction of sp³-hybridized carbons (Fsp3) is 0.235. The van der Waals surface area contributed by atoms with Crippen LogP contribution < -0.4 is 4.74 Å². The lowest BCUT2D eigenvalue weighted by atomic mass is 10.1. The van der Waals surface area contributed by atoms with E-state index in [-0.39, 0.29) is 12.4 Å². The molecule has 0 aliphatic carbocycles. The van der Waals surface area contributed by atoms with Crippen molar-refractivity contribution in [2.24, 2.45) is 0 Å². The van der Waals surface area contributed by atoms with E-state index in [9.17, 15) is 4.79 Å². The normalized spacial score (nSPS) is 10.4. The molecule has 0 N–H and O–H groups in total. The van der Waals surface area contributed by atoms with E-state index in [1.54, 1.807) is 24.3 Å². The monoisotopic (exact) mass is 348 g/mol. The van der Waals surface area contributed by atoms with Crippen LogP contribution in [0.3, 0.4) is 0 Å².